The molecule has 0 aliphatic rings. The summed E-state index contributed by atoms with van der Waals surface area (Å²) < 4.78 is 2.57. The molecule has 162 valence electrons. The van der Waals surface area contributed by atoms with E-state index < -0.39 is 0 Å². The minimum absolute atomic E-state index is 0.133. The number of ketones is 1. The van der Waals surface area contributed by atoms with Gasteiger partial charge in [-0.25, -0.2) is 0 Å². The number of nitrogens with zero attached hydrogens (tertiary/aromatic N) is 3. The Bertz CT molecular complexity index is 1280. The van der Waals surface area contributed by atoms with Gasteiger partial charge in [-0.3, -0.25) is 14.6 Å². The first-order valence-electron chi connectivity index (χ1n) is 10.6. The van der Waals surface area contributed by atoms with Crippen LogP contribution in [0, 0.1) is 0 Å². The van der Waals surface area contributed by atoms with Gasteiger partial charge in [0, 0.05) is 53.0 Å². The zero-order chi connectivity index (χ0) is 22.7. The number of rotatable bonds is 7. The predicted molar refractivity (Wildman–Crippen MR) is 130 cm³/mol. The molecule has 0 aliphatic carbocycles. The normalized spacial score (nSPS) is 11.0. The second kappa shape index (κ2) is 9.49. The number of aromatic nitrogens is 2. The topological polar surface area (TPSA) is 55.2 Å². The van der Waals surface area contributed by atoms with Crippen molar-refractivity contribution in [1.29, 1.82) is 0 Å². The molecule has 0 N–H and O–H groups in total. The molecule has 2 aromatic heterocycles. The van der Waals surface area contributed by atoms with E-state index in [-0.39, 0.29) is 11.7 Å². The zero-order valence-corrected chi connectivity index (χ0v) is 19.7. The second-order valence-electron chi connectivity index (χ2n) is 7.47. The van der Waals surface area contributed by atoms with Crippen LogP contribution in [0.5, 0.6) is 0 Å². The van der Waals surface area contributed by atoms with Gasteiger partial charge < -0.3 is 9.47 Å². The van der Waals surface area contributed by atoms with Gasteiger partial charge >= 0.3 is 0 Å². The average molecular weight is 490 g/mol. The molecule has 4 aromatic rings. The van der Waals surface area contributed by atoms with Crippen molar-refractivity contribution in [3.05, 3.63) is 99.9 Å². The van der Waals surface area contributed by atoms with Crippen molar-refractivity contribution >= 4 is 38.5 Å². The fourth-order valence-electron chi connectivity index (χ4n) is 4.04. The number of fused-ring (bicyclic) bond motifs is 1. The maximum Gasteiger partial charge on any atom is 0.256 e. The summed E-state index contributed by atoms with van der Waals surface area (Å²) in [6.45, 7) is 5.52. The molecule has 0 saturated carbocycles. The summed E-state index contributed by atoms with van der Waals surface area (Å²) >= 11 is 3.46. The third kappa shape index (κ3) is 3.98. The van der Waals surface area contributed by atoms with Crippen LogP contribution in [-0.4, -0.2) is 39.2 Å². The van der Waals surface area contributed by atoms with Crippen molar-refractivity contribution in [2.24, 2.45) is 0 Å². The van der Waals surface area contributed by atoms with E-state index in [4.69, 9.17) is 0 Å². The predicted octanol–water partition coefficient (Wildman–Crippen LogP) is 5.56. The summed E-state index contributed by atoms with van der Waals surface area (Å²) in [5.74, 6) is -0.339. The van der Waals surface area contributed by atoms with Gasteiger partial charge in [-0.1, -0.05) is 48.5 Å². The zero-order valence-electron chi connectivity index (χ0n) is 18.1. The molecule has 6 heteroatoms. The van der Waals surface area contributed by atoms with Crippen molar-refractivity contribution < 1.29 is 9.59 Å². The summed E-state index contributed by atoms with van der Waals surface area (Å²) in [4.78, 5) is 33.4. The largest absolute Gasteiger partial charge is 0.339 e. The second-order valence-corrected chi connectivity index (χ2v) is 8.33. The van der Waals surface area contributed by atoms with Gasteiger partial charge in [0.05, 0.1) is 5.56 Å². The molecule has 0 fully saturated rings. The van der Waals surface area contributed by atoms with Crippen LogP contribution in [0.15, 0.2) is 77.5 Å². The van der Waals surface area contributed by atoms with Crippen molar-refractivity contribution in [3.8, 4) is 0 Å². The van der Waals surface area contributed by atoms with Gasteiger partial charge in [0.1, 0.15) is 5.69 Å². The summed E-state index contributed by atoms with van der Waals surface area (Å²) in [5.41, 5.74) is 3.25. The molecular weight excluding hydrogens is 466 g/mol. The van der Waals surface area contributed by atoms with E-state index in [2.05, 4.69) is 20.9 Å². The molecule has 0 atom stereocenters. The van der Waals surface area contributed by atoms with Crippen molar-refractivity contribution in [2.75, 3.05) is 13.1 Å². The van der Waals surface area contributed by atoms with Crippen LogP contribution in [0.2, 0.25) is 0 Å². The molecule has 2 heterocycles. The van der Waals surface area contributed by atoms with E-state index in [1.807, 2.05) is 73.0 Å². The number of amides is 1. The number of benzene rings is 2. The third-order valence-corrected chi connectivity index (χ3v) is 6.28. The molecule has 2 aromatic carbocycles. The smallest absolute Gasteiger partial charge is 0.256 e. The fraction of sp³-hybridized carbons (Fsp3) is 0.192. The Balaban J connectivity index is 2.02. The van der Waals surface area contributed by atoms with Gasteiger partial charge in [0.25, 0.3) is 5.91 Å². The number of halogens is 1. The summed E-state index contributed by atoms with van der Waals surface area (Å²) in [6.07, 6.45) is 3.19. The summed E-state index contributed by atoms with van der Waals surface area (Å²) in [6, 6.07) is 19.4. The van der Waals surface area contributed by atoms with E-state index in [0.29, 0.717) is 40.9 Å². The molecule has 0 bridgehead atoms. The maximum absolute atomic E-state index is 13.9. The number of hydrogen-bond acceptors (Lipinski definition) is 3. The molecule has 5 nitrogen and oxygen atoms in total. The quantitative estimate of drug-likeness (QED) is 0.319. The number of carbonyl (C=O) groups excluding carboxylic acids is 2. The minimum Gasteiger partial charge on any atom is -0.339 e. The lowest BCUT2D eigenvalue weighted by molar-refractivity contribution is 0.0769. The molecule has 0 aliphatic heterocycles. The molecule has 0 radical (unpaired) electrons. The van der Waals surface area contributed by atoms with E-state index in [1.54, 1.807) is 23.4 Å². The van der Waals surface area contributed by atoms with Crippen LogP contribution in [0.3, 0.4) is 0 Å². The number of carbonyl (C=O) groups is 2. The van der Waals surface area contributed by atoms with Crippen LogP contribution in [0.4, 0.5) is 0 Å². The molecule has 1 amide bonds. The monoisotopic (exact) mass is 489 g/mol. The van der Waals surface area contributed by atoms with Crippen molar-refractivity contribution in [2.45, 2.75) is 20.4 Å². The maximum atomic E-state index is 13.9. The number of para-hydroxylation sites is 1. The van der Waals surface area contributed by atoms with Gasteiger partial charge in [-0.2, -0.15) is 0 Å². The van der Waals surface area contributed by atoms with Crippen LogP contribution in [0.1, 0.15) is 45.8 Å². The molecule has 0 saturated heterocycles. The van der Waals surface area contributed by atoms with Crippen LogP contribution < -0.4 is 0 Å². The lowest BCUT2D eigenvalue weighted by Crippen LogP contribution is -2.32. The first-order valence-corrected chi connectivity index (χ1v) is 11.4. The Morgan fingerprint density at radius 3 is 2.34 bits per heavy atom. The van der Waals surface area contributed by atoms with E-state index in [1.165, 1.54) is 0 Å². The lowest BCUT2D eigenvalue weighted by atomic mass is 10.0. The SMILES string of the molecule is CCN(CC)C(=O)c1c(C(=O)c2ccncc2Br)n(Cc2ccccc2)c2ccccc12. The van der Waals surface area contributed by atoms with Gasteiger partial charge in [0.15, 0.2) is 0 Å². The highest BCUT2D eigenvalue weighted by Crippen LogP contribution is 2.31. The van der Waals surface area contributed by atoms with Crippen LogP contribution >= 0.6 is 15.9 Å². The Kier molecular flexibility index (Phi) is 6.51. The first kappa shape index (κ1) is 22.0. The lowest BCUT2D eigenvalue weighted by Gasteiger charge is -2.20. The van der Waals surface area contributed by atoms with E-state index in [9.17, 15) is 9.59 Å². The number of hydrogen-bond donors (Lipinski definition) is 0. The van der Waals surface area contributed by atoms with Gasteiger partial charge in [-0.15, -0.1) is 0 Å². The minimum atomic E-state index is -0.207. The third-order valence-electron chi connectivity index (χ3n) is 5.65. The average Bonchev–Trinajstić information content (AvgIpc) is 3.14. The Labute approximate surface area is 195 Å². The highest BCUT2D eigenvalue weighted by Gasteiger charge is 2.30. The van der Waals surface area contributed by atoms with Gasteiger partial charge in [-0.05, 0) is 47.5 Å². The summed E-state index contributed by atoms with van der Waals surface area (Å²) in [5, 5.41) is 0.786. The standard InChI is InChI=1S/C26H24BrN3O2/c1-3-29(4-2)26(32)23-20-12-8-9-13-22(20)30(17-18-10-6-5-7-11-18)24(23)25(31)19-14-15-28-16-21(19)27/h5-16H,3-4,17H2,1-2H3. The van der Waals surface area contributed by atoms with Crippen molar-refractivity contribution in [3.63, 3.8) is 0 Å². The Morgan fingerprint density at radius 2 is 1.66 bits per heavy atom. The summed E-state index contributed by atoms with van der Waals surface area (Å²) in [7, 11) is 0. The van der Waals surface area contributed by atoms with Crippen molar-refractivity contribution in [1.82, 2.24) is 14.5 Å². The highest BCUT2D eigenvalue weighted by molar-refractivity contribution is 9.10. The molecule has 0 spiro atoms. The first-order chi connectivity index (χ1) is 15.6. The molecule has 0 unspecified atom stereocenters. The Morgan fingerprint density at radius 1 is 0.969 bits per heavy atom. The van der Waals surface area contributed by atoms with Crippen LogP contribution in [-0.2, 0) is 6.54 Å². The Hall–Kier alpha value is -3.25. The van der Waals surface area contributed by atoms with Crippen LogP contribution in [0.25, 0.3) is 10.9 Å². The molecular formula is C26H24BrN3O2. The number of pyridine rings is 1. The van der Waals surface area contributed by atoms with E-state index in [0.717, 1.165) is 16.5 Å². The highest BCUT2D eigenvalue weighted by atomic mass is 79.9. The molecule has 32 heavy (non-hydrogen) atoms. The van der Waals surface area contributed by atoms with Gasteiger partial charge in [0.2, 0.25) is 5.78 Å². The van der Waals surface area contributed by atoms with E-state index >= 15 is 0 Å². The molecule has 4 rings (SSSR count). The fourth-order valence-corrected chi connectivity index (χ4v) is 4.47.